The van der Waals surface area contributed by atoms with E-state index in [4.69, 9.17) is 18.6 Å². The molecule has 4 rings (SSSR count). The summed E-state index contributed by atoms with van der Waals surface area (Å²) in [6.07, 6.45) is -10.0. The van der Waals surface area contributed by atoms with E-state index >= 15 is 0 Å². The average molecular weight is 663 g/mol. The lowest BCUT2D eigenvalue weighted by molar-refractivity contribution is -0.138. The normalized spacial score (nSPS) is 20.8. The molecule has 0 amide bonds. The summed E-state index contributed by atoms with van der Waals surface area (Å²) in [5, 5.41) is 9.36. The lowest BCUT2D eigenvalue weighted by Gasteiger charge is -2.32. The molecule has 0 saturated carbocycles. The molecule has 0 aliphatic carbocycles. The van der Waals surface area contributed by atoms with E-state index in [1.165, 1.54) is 0 Å². The highest BCUT2D eigenvalue weighted by atomic mass is 32.2. The number of carboxylic acids is 1. The SMILES string of the molecule is CC1(C)OB(c2cc(C(F)(F)F)cc(S(=O)(=NCC(=O)O)c3cc(B4OC(C)(C)C(C)(C)O4)cc(C(F)(F)F)c3)c2)OC1(C)C. The van der Waals surface area contributed by atoms with Crippen LogP contribution in [-0.4, -0.2) is 58.5 Å². The average Bonchev–Trinajstić information content (AvgIpc) is 3.25. The Morgan fingerprint density at radius 1 is 0.689 bits per heavy atom. The summed E-state index contributed by atoms with van der Waals surface area (Å²) < 4.78 is 127. The molecule has 0 atom stereocenters. The van der Waals surface area contributed by atoms with Crippen molar-refractivity contribution >= 4 is 40.9 Å². The number of carboxylic acid groups (broad SMARTS) is 1. The van der Waals surface area contributed by atoms with Gasteiger partial charge in [0.2, 0.25) is 0 Å². The number of benzene rings is 2. The van der Waals surface area contributed by atoms with Crippen LogP contribution in [0.3, 0.4) is 0 Å². The van der Waals surface area contributed by atoms with Crippen LogP contribution >= 0.6 is 0 Å². The first-order chi connectivity index (χ1) is 20.2. The molecule has 0 bridgehead atoms. The zero-order valence-corrected chi connectivity index (χ0v) is 26.7. The van der Waals surface area contributed by atoms with E-state index in [1.807, 2.05) is 0 Å². The van der Waals surface area contributed by atoms with Crippen molar-refractivity contribution in [1.82, 2.24) is 0 Å². The van der Waals surface area contributed by atoms with E-state index in [0.29, 0.717) is 24.3 Å². The summed E-state index contributed by atoms with van der Waals surface area (Å²) in [6, 6.07) is 4.39. The number of aliphatic carboxylic acids is 1. The van der Waals surface area contributed by atoms with Crippen LogP contribution in [0.5, 0.6) is 0 Å². The largest absolute Gasteiger partial charge is 0.494 e. The molecule has 0 unspecified atom stereocenters. The molecule has 2 fully saturated rings. The van der Waals surface area contributed by atoms with E-state index in [-0.39, 0.29) is 10.9 Å². The van der Waals surface area contributed by atoms with Gasteiger partial charge in [0.15, 0.2) is 0 Å². The number of hydrogen-bond donors (Lipinski definition) is 1. The highest BCUT2D eigenvalue weighted by Gasteiger charge is 2.53. The van der Waals surface area contributed by atoms with Crippen molar-refractivity contribution in [3.05, 3.63) is 47.5 Å². The quantitative estimate of drug-likeness (QED) is 0.331. The second kappa shape index (κ2) is 11.0. The number of alkyl halides is 6. The van der Waals surface area contributed by atoms with Crippen molar-refractivity contribution in [2.75, 3.05) is 6.54 Å². The third-order valence-corrected chi connectivity index (χ3v) is 10.8. The smallest absolute Gasteiger partial charge is 0.480 e. The van der Waals surface area contributed by atoms with Crippen LogP contribution < -0.4 is 10.9 Å². The third kappa shape index (κ3) is 6.78. The molecule has 2 aliphatic heterocycles. The van der Waals surface area contributed by atoms with Crippen LogP contribution in [0.15, 0.2) is 50.6 Å². The molecular weight excluding hydrogens is 630 g/mol. The Hall–Kier alpha value is -2.59. The predicted octanol–water partition coefficient (Wildman–Crippen LogP) is 5.29. The van der Waals surface area contributed by atoms with Crippen molar-refractivity contribution in [3.8, 4) is 0 Å². The van der Waals surface area contributed by atoms with Gasteiger partial charge in [-0.25, -0.2) is 8.57 Å². The number of carbonyl (C=O) groups is 1. The summed E-state index contributed by atoms with van der Waals surface area (Å²) in [5.41, 5.74) is -7.06. The van der Waals surface area contributed by atoms with E-state index in [9.17, 15) is 40.5 Å². The number of halogens is 6. The van der Waals surface area contributed by atoms with E-state index < -0.39 is 92.2 Å². The van der Waals surface area contributed by atoms with Gasteiger partial charge < -0.3 is 23.7 Å². The van der Waals surface area contributed by atoms with Gasteiger partial charge in [-0.15, -0.1) is 0 Å². The van der Waals surface area contributed by atoms with Crippen molar-refractivity contribution < 1.29 is 59.1 Å². The first-order valence-electron chi connectivity index (χ1n) is 13.8. The minimum atomic E-state index is -5.01. The molecule has 8 nitrogen and oxygen atoms in total. The minimum Gasteiger partial charge on any atom is -0.480 e. The van der Waals surface area contributed by atoms with Gasteiger partial charge in [0.25, 0.3) is 0 Å². The number of nitrogens with zero attached hydrogens (tertiary/aromatic N) is 1. The second-order valence-electron chi connectivity index (χ2n) is 13.0. The fraction of sp³-hybridized carbons (Fsp3) is 0.536. The summed E-state index contributed by atoms with van der Waals surface area (Å²) in [4.78, 5) is 10.2. The van der Waals surface area contributed by atoms with Gasteiger partial charge in [0.1, 0.15) is 16.3 Å². The Balaban J connectivity index is 2.01. The minimum absolute atomic E-state index is 0.241. The highest BCUT2D eigenvalue weighted by Crippen LogP contribution is 2.40. The summed E-state index contributed by atoms with van der Waals surface area (Å²) in [7, 11) is -7.28. The van der Waals surface area contributed by atoms with Crippen molar-refractivity contribution in [1.29, 1.82) is 0 Å². The molecule has 1 N–H and O–H groups in total. The third-order valence-electron chi connectivity index (χ3n) is 8.58. The first kappa shape index (κ1) is 35.3. The standard InChI is InChI=1S/C28H33B2F6NO7S/c1-23(2)24(3,4)42-29(41-23)18-9-16(27(31,32)33)11-20(13-18)45(40,37-15-22(38)39)21-12-17(28(34,35)36)10-19(14-21)30-43-25(5,6)26(7,8)44-30/h9-14H,15H2,1-8H3,(H,38,39). The Kier molecular flexibility index (Phi) is 8.62. The molecule has 0 radical (unpaired) electrons. The number of hydrogen-bond acceptors (Lipinski definition) is 7. The highest BCUT2D eigenvalue weighted by molar-refractivity contribution is 7.93. The first-order valence-corrected chi connectivity index (χ1v) is 15.3. The van der Waals surface area contributed by atoms with Crippen molar-refractivity contribution in [2.45, 2.75) is 99.9 Å². The molecule has 246 valence electrons. The summed E-state index contributed by atoms with van der Waals surface area (Å²) in [6.45, 7) is 12.1. The maximum Gasteiger partial charge on any atom is 0.494 e. The monoisotopic (exact) mass is 663 g/mol. The van der Waals surface area contributed by atoms with Crippen LogP contribution in [0.4, 0.5) is 26.3 Å². The fourth-order valence-electron chi connectivity index (χ4n) is 4.55. The van der Waals surface area contributed by atoms with Crippen molar-refractivity contribution in [2.24, 2.45) is 4.36 Å². The molecular formula is C28H33B2F6NO7S. The van der Waals surface area contributed by atoms with Gasteiger partial charge in [-0.3, -0.25) is 4.79 Å². The zero-order chi connectivity index (χ0) is 34.2. The molecule has 2 aliphatic rings. The van der Waals surface area contributed by atoms with E-state index in [1.54, 1.807) is 55.4 Å². The Morgan fingerprint density at radius 3 is 1.27 bits per heavy atom. The van der Waals surface area contributed by atoms with Gasteiger partial charge in [-0.05, 0) is 90.6 Å². The van der Waals surface area contributed by atoms with Gasteiger partial charge in [0.05, 0.1) is 43.3 Å². The maximum absolute atomic E-state index is 14.8. The van der Waals surface area contributed by atoms with Gasteiger partial charge >= 0.3 is 32.6 Å². The molecule has 17 heteroatoms. The summed E-state index contributed by atoms with van der Waals surface area (Å²) >= 11 is 0. The Morgan fingerprint density at radius 2 is 1.00 bits per heavy atom. The van der Waals surface area contributed by atoms with Crippen LogP contribution in [0.25, 0.3) is 0 Å². The molecule has 2 aromatic carbocycles. The van der Waals surface area contributed by atoms with Gasteiger partial charge in [0, 0.05) is 0 Å². The van der Waals surface area contributed by atoms with Gasteiger partial charge in [-0.1, -0.05) is 12.1 Å². The zero-order valence-electron chi connectivity index (χ0n) is 25.8. The predicted molar refractivity (Wildman–Crippen MR) is 154 cm³/mol. The summed E-state index contributed by atoms with van der Waals surface area (Å²) in [5.74, 6) is -1.61. The van der Waals surface area contributed by atoms with Crippen LogP contribution in [0.2, 0.25) is 0 Å². The molecule has 2 heterocycles. The van der Waals surface area contributed by atoms with E-state index in [2.05, 4.69) is 4.36 Å². The molecule has 45 heavy (non-hydrogen) atoms. The van der Waals surface area contributed by atoms with Crippen LogP contribution in [0.1, 0.15) is 66.5 Å². The van der Waals surface area contributed by atoms with Crippen molar-refractivity contribution in [3.63, 3.8) is 0 Å². The Bertz CT molecular complexity index is 1500. The molecule has 0 aromatic heterocycles. The molecule has 2 saturated heterocycles. The fourth-order valence-corrected chi connectivity index (χ4v) is 6.58. The number of rotatable bonds is 6. The van der Waals surface area contributed by atoms with Crippen LogP contribution in [-0.2, 0) is 45.5 Å². The second-order valence-corrected chi connectivity index (χ2v) is 15.2. The lowest BCUT2D eigenvalue weighted by atomic mass is 9.78. The maximum atomic E-state index is 14.8. The Labute approximate surface area is 258 Å². The molecule has 0 spiro atoms. The van der Waals surface area contributed by atoms with E-state index in [0.717, 1.165) is 12.1 Å². The topological polar surface area (TPSA) is 104 Å². The molecule has 2 aromatic rings. The lowest BCUT2D eigenvalue weighted by Crippen LogP contribution is -2.41. The van der Waals surface area contributed by atoms with Crippen LogP contribution in [0, 0.1) is 0 Å². The van der Waals surface area contributed by atoms with Gasteiger partial charge in [-0.2, -0.15) is 26.3 Å².